The van der Waals surface area contributed by atoms with Gasteiger partial charge in [-0.2, -0.15) is 0 Å². The summed E-state index contributed by atoms with van der Waals surface area (Å²) in [6, 6.07) is -1.31. The molecule has 8 nitrogen and oxygen atoms in total. The van der Waals surface area contributed by atoms with Crippen molar-refractivity contribution in [3.05, 3.63) is 24.3 Å². The maximum atomic E-state index is 13.8. The van der Waals surface area contributed by atoms with E-state index in [1.807, 2.05) is 0 Å². The third-order valence-electron chi connectivity index (χ3n) is 7.29. The lowest BCUT2D eigenvalue weighted by Gasteiger charge is -2.59. The van der Waals surface area contributed by atoms with Crippen LogP contribution in [0.15, 0.2) is 24.3 Å². The van der Waals surface area contributed by atoms with Crippen molar-refractivity contribution in [3.63, 3.8) is 0 Å². The third kappa shape index (κ3) is 1.77. The summed E-state index contributed by atoms with van der Waals surface area (Å²) in [5.74, 6) is -1.38. The first-order valence-electron chi connectivity index (χ1n) is 9.45. The Balaban J connectivity index is 1.50. The fourth-order valence-corrected chi connectivity index (χ4v) is 9.93. The number of hydrogen-bond acceptors (Lipinski definition) is 8. The van der Waals surface area contributed by atoms with E-state index in [9.17, 15) is 30.0 Å². The Bertz CT molecular complexity index is 784. The predicted octanol–water partition coefficient (Wildman–Crippen LogP) is -1.20. The average molecular weight is 425 g/mol. The molecule has 5 saturated heterocycles. The van der Waals surface area contributed by atoms with Crippen molar-refractivity contribution in [3.8, 4) is 0 Å². The van der Waals surface area contributed by atoms with Crippen molar-refractivity contribution in [1.29, 1.82) is 0 Å². The minimum Gasteiger partial charge on any atom is -0.389 e. The molecule has 10 heteroatoms. The molecule has 150 valence electrons. The van der Waals surface area contributed by atoms with Crippen LogP contribution in [0.25, 0.3) is 0 Å². The Morgan fingerprint density at radius 1 is 0.714 bits per heavy atom. The van der Waals surface area contributed by atoms with Crippen molar-refractivity contribution < 1.29 is 30.0 Å². The van der Waals surface area contributed by atoms with Gasteiger partial charge in [0.05, 0.1) is 36.5 Å². The van der Waals surface area contributed by atoms with Gasteiger partial charge in [0.1, 0.15) is 0 Å². The second-order valence-corrected chi connectivity index (χ2v) is 11.2. The van der Waals surface area contributed by atoms with Gasteiger partial charge >= 0.3 is 0 Å². The molecule has 2 bridgehead atoms. The van der Waals surface area contributed by atoms with E-state index >= 15 is 0 Å². The summed E-state index contributed by atoms with van der Waals surface area (Å²) in [5, 5.41) is 42.0. The summed E-state index contributed by atoms with van der Waals surface area (Å²) in [7, 11) is 2.65. The zero-order chi connectivity index (χ0) is 19.6. The second kappa shape index (κ2) is 5.35. The van der Waals surface area contributed by atoms with Gasteiger partial charge in [-0.05, 0) is 12.8 Å². The van der Waals surface area contributed by atoms with E-state index in [-0.39, 0.29) is 24.7 Å². The number of aliphatic hydroxyl groups excluding tert-OH is 4. The number of hydrogen-bond donors (Lipinski definition) is 4. The normalized spacial score (nSPS) is 56.0. The predicted molar refractivity (Wildman–Crippen MR) is 100 cm³/mol. The molecule has 0 aromatic carbocycles. The van der Waals surface area contributed by atoms with E-state index in [2.05, 4.69) is 0 Å². The number of aliphatic hydroxyl groups is 4. The number of nitrogens with zero attached hydrogens (tertiary/aromatic N) is 2. The average Bonchev–Trinajstić information content (AvgIpc) is 3.22. The first kappa shape index (κ1) is 17.8. The standard InChI is InChI=1S/C18H20N2O6S2/c21-9-1-3-11(23)13-7(9)5-17-15(25)20-14-8(10(22)2-4-12(14)24)6-18(20,28-27-17)16(26)19(13)17/h1-4,7-14,21-24H,5-6H2/t7-,8-,9+,10+,11+,12+,13+,14+,17-,18-/m1/s1. The van der Waals surface area contributed by atoms with E-state index in [1.165, 1.54) is 55.7 Å². The van der Waals surface area contributed by atoms with Crippen LogP contribution in [0.2, 0.25) is 0 Å². The van der Waals surface area contributed by atoms with E-state index in [0.717, 1.165) is 0 Å². The van der Waals surface area contributed by atoms with Gasteiger partial charge in [0.25, 0.3) is 11.8 Å². The van der Waals surface area contributed by atoms with Crippen molar-refractivity contribution in [2.75, 3.05) is 0 Å². The molecular formula is C18H20N2O6S2. The van der Waals surface area contributed by atoms with Crippen LogP contribution in [0.3, 0.4) is 0 Å². The summed E-state index contributed by atoms with van der Waals surface area (Å²) >= 11 is 0. The maximum absolute atomic E-state index is 13.8. The lowest BCUT2D eigenvalue weighted by Crippen LogP contribution is -2.77. The number of carbonyl (C=O) groups is 2. The molecule has 2 spiro atoms. The highest BCUT2D eigenvalue weighted by atomic mass is 33.1. The molecule has 4 N–H and O–H groups in total. The number of rotatable bonds is 0. The fraction of sp³-hybridized carbons (Fsp3) is 0.667. The molecular weight excluding hydrogens is 404 g/mol. The van der Waals surface area contributed by atoms with Crippen LogP contribution in [0.1, 0.15) is 12.8 Å². The van der Waals surface area contributed by atoms with Crippen molar-refractivity contribution in [1.82, 2.24) is 9.80 Å². The Labute approximate surface area is 168 Å². The molecule has 0 unspecified atom stereocenters. The maximum Gasteiger partial charge on any atom is 0.261 e. The van der Waals surface area contributed by atoms with Crippen LogP contribution in [0, 0.1) is 11.8 Å². The zero-order valence-electron chi connectivity index (χ0n) is 14.7. The molecule has 2 aliphatic carbocycles. The highest BCUT2D eigenvalue weighted by Crippen LogP contribution is 2.70. The summed E-state index contributed by atoms with van der Waals surface area (Å²) in [6.45, 7) is 0. The molecule has 2 amide bonds. The third-order valence-corrected chi connectivity index (χ3v) is 10.9. The van der Waals surface area contributed by atoms with Gasteiger partial charge in [0, 0.05) is 11.8 Å². The quantitative estimate of drug-likeness (QED) is 0.283. The summed E-state index contributed by atoms with van der Waals surface area (Å²) in [6.07, 6.45) is 2.99. The molecule has 0 radical (unpaired) electrons. The molecule has 0 aromatic rings. The largest absolute Gasteiger partial charge is 0.389 e. The summed E-state index contributed by atoms with van der Waals surface area (Å²) < 4.78 is 0. The van der Waals surface area contributed by atoms with Crippen molar-refractivity contribution in [2.24, 2.45) is 11.8 Å². The Morgan fingerprint density at radius 3 is 1.46 bits per heavy atom. The molecule has 10 atom stereocenters. The van der Waals surface area contributed by atoms with Gasteiger partial charge in [-0.25, -0.2) is 0 Å². The molecule has 0 saturated carbocycles. The minimum atomic E-state index is -1.20. The van der Waals surface area contributed by atoms with Gasteiger partial charge in [-0.1, -0.05) is 45.9 Å². The molecule has 5 aliphatic heterocycles. The van der Waals surface area contributed by atoms with Gasteiger partial charge in [0.2, 0.25) is 0 Å². The van der Waals surface area contributed by atoms with Crippen LogP contribution in [-0.2, 0) is 9.59 Å². The van der Waals surface area contributed by atoms with Gasteiger partial charge in [0.15, 0.2) is 9.74 Å². The van der Waals surface area contributed by atoms with Crippen LogP contribution in [0.5, 0.6) is 0 Å². The van der Waals surface area contributed by atoms with Gasteiger partial charge in [-0.15, -0.1) is 0 Å². The van der Waals surface area contributed by atoms with E-state index in [4.69, 9.17) is 0 Å². The number of carbonyl (C=O) groups excluding carboxylic acids is 2. The van der Waals surface area contributed by atoms with E-state index < -0.39 is 58.1 Å². The smallest absolute Gasteiger partial charge is 0.261 e. The van der Waals surface area contributed by atoms with E-state index in [1.54, 1.807) is 0 Å². The lowest BCUT2D eigenvalue weighted by atomic mass is 9.84. The molecule has 0 aromatic heterocycles. The summed E-state index contributed by atoms with van der Waals surface area (Å²) in [5.41, 5.74) is 0. The Kier molecular flexibility index (Phi) is 3.40. The Morgan fingerprint density at radius 2 is 1.07 bits per heavy atom. The second-order valence-electron chi connectivity index (χ2n) is 8.54. The summed E-state index contributed by atoms with van der Waals surface area (Å²) in [4.78, 5) is 28.2. The van der Waals surface area contributed by atoms with Crippen LogP contribution >= 0.6 is 21.6 Å². The highest BCUT2D eigenvalue weighted by Gasteiger charge is 2.79. The first-order chi connectivity index (χ1) is 13.3. The van der Waals surface area contributed by atoms with Gasteiger partial charge in [-0.3, -0.25) is 9.59 Å². The van der Waals surface area contributed by atoms with E-state index in [0.29, 0.717) is 0 Å². The monoisotopic (exact) mass is 424 g/mol. The lowest BCUT2D eigenvalue weighted by molar-refractivity contribution is -0.169. The van der Waals surface area contributed by atoms with Crippen molar-refractivity contribution in [2.45, 2.75) is 59.1 Å². The number of amides is 2. The number of piperazine rings is 1. The molecule has 5 heterocycles. The van der Waals surface area contributed by atoms with Crippen LogP contribution in [0.4, 0.5) is 0 Å². The first-order valence-corrected chi connectivity index (χ1v) is 11.6. The number of fused-ring (bicyclic) bond motifs is 3. The molecule has 7 rings (SSSR count). The molecule has 28 heavy (non-hydrogen) atoms. The minimum absolute atomic E-state index is 0.251. The van der Waals surface area contributed by atoms with Crippen LogP contribution in [-0.4, -0.2) is 88.3 Å². The molecule has 5 fully saturated rings. The SMILES string of the molecule is O=C1N2[C@H]3[C@H](C[C@]24SS[C@]12C[C@H]1[C@@H]([C@@H](O)C=C[C@@H]1O)N2C4=O)[C@@H](O)C=C[C@@H]3O. The Hall–Kier alpha value is -1.04. The topological polar surface area (TPSA) is 122 Å². The molecule has 7 aliphatic rings. The highest BCUT2D eigenvalue weighted by molar-refractivity contribution is 8.78. The van der Waals surface area contributed by atoms with Crippen LogP contribution < -0.4 is 0 Å². The van der Waals surface area contributed by atoms with Gasteiger partial charge < -0.3 is 30.2 Å². The fourth-order valence-electron chi connectivity index (χ4n) is 6.08. The van der Waals surface area contributed by atoms with Crippen molar-refractivity contribution >= 4 is 33.4 Å². The zero-order valence-corrected chi connectivity index (χ0v) is 16.3.